The highest BCUT2D eigenvalue weighted by molar-refractivity contribution is 6.06. The molecule has 0 nitrogen and oxygen atoms in total. The van der Waals surface area contributed by atoms with Gasteiger partial charge in [0.2, 0.25) is 0 Å². The molecule has 0 spiro atoms. The van der Waals surface area contributed by atoms with Gasteiger partial charge in [0.25, 0.3) is 0 Å². The summed E-state index contributed by atoms with van der Waals surface area (Å²) in [5.74, 6) is 0. The molecule has 4 aromatic rings. The second-order valence-electron chi connectivity index (χ2n) is 7.22. The highest BCUT2D eigenvalue weighted by Gasteiger charge is 2.18. The zero-order valence-electron chi connectivity index (χ0n) is 14.6. The summed E-state index contributed by atoms with van der Waals surface area (Å²) in [7, 11) is 0. The summed E-state index contributed by atoms with van der Waals surface area (Å²) in [4.78, 5) is 0. The molecule has 5 rings (SSSR count). The lowest BCUT2D eigenvalue weighted by Crippen LogP contribution is -1.92. The molecule has 0 saturated heterocycles. The average molecular weight is 320 g/mol. The summed E-state index contributed by atoms with van der Waals surface area (Å²) in [6.07, 6.45) is 3.45. The van der Waals surface area contributed by atoms with Crippen LogP contribution in [0.4, 0.5) is 0 Å². The molecule has 0 aliphatic heterocycles. The molecule has 1 aliphatic carbocycles. The van der Waals surface area contributed by atoms with Crippen LogP contribution in [0.25, 0.3) is 38.7 Å². The molecule has 1 aliphatic rings. The predicted molar refractivity (Wildman–Crippen MR) is 109 cm³/mol. The number of hydrogen-bond acceptors (Lipinski definition) is 0. The maximum atomic E-state index is 2.37. The zero-order chi connectivity index (χ0) is 17.0. The molecule has 4 aromatic carbocycles. The van der Waals surface area contributed by atoms with E-state index in [0.29, 0.717) is 0 Å². The van der Waals surface area contributed by atoms with Gasteiger partial charge in [-0.1, -0.05) is 66.2 Å². The minimum Gasteiger partial charge on any atom is -0.0683 e. The van der Waals surface area contributed by atoms with Crippen molar-refractivity contribution in [2.45, 2.75) is 20.3 Å². The van der Waals surface area contributed by atoms with E-state index in [1.165, 1.54) is 54.9 Å². The Hall–Kier alpha value is -2.86. The maximum Gasteiger partial charge on any atom is -0.00604 e. The van der Waals surface area contributed by atoms with Crippen molar-refractivity contribution >= 4 is 27.6 Å². The molecule has 0 unspecified atom stereocenters. The third kappa shape index (κ3) is 2.21. The van der Waals surface area contributed by atoms with Gasteiger partial charge in [-0.15, -0.1) is 0 Å². The van der Waals surface area contributed by atoms with Gasteiger partial charge in [-0.25, -0.2) is 0 Å². The SMILES string of the molecule is CC1=Cc2c(ccc(C)c2-c2cccc3cc4ccccc4cc23)C1. The fourth-order valence-electron chi connectivity index (χ4n) is 4.23. The molecule has 0 N–H and O–H groups in total. The summed E-state index contributed by atoms with van der Waals surface area (Å²) in [6.45, 7) is 4.46. The molecule has 0 atom stereocenters. The number of aryl methyl sites for hydroxylation is 1. The van der Waals surface area contributed by atoms with Crippen LogP contribution in [0.5, 0.6) is 0 Å². The van der Waals surface area contributed by atoms with Gasteiger partial charge in [0, 0.05) is 0 Å². The molecule has 0 amide bonds. The van der Waals surface area contributed by atoms with Gasteiger partial charge >= 0.3 is 0 Å². The standard InChI is InChI=1S/C25H20/c1-16-12-21-11-10-17(2)25(24(21)13-16)22-9-5-8-20-14-18-6-3-4-7-19(18)15-23(20)22/h3-11,13-15H,12H2,1-2H3. The van der Waals surface area contributed by atoms with Gasteiger partial charge in [-0.3, -0.25) is 0 Å². The van der Waals surface area contributed by atoms with Gasteiger partial charge < -0.3 is 0 Å². The Morgan fingerprint density at radius 2 is 1.48 bits per heavy atom. The van der Waals surface area contributed by atoms with E-state index < -0.39 is 0 Å². The van der Waals surface area contributed by atoms with E-state index in [9.17, 15) is 0 Å². The third-order valence-corrected chi connectivity index (χ3v) is 5.42. The molecule has 0 saturated carbocycles. The maximum absolute atomic E-state index is 2.37. The van der Waals surface area contributed by atoms with Gasteiger partial charge in [0.05, 0.1) is 0 Å². The molecule has 0 fully saturated rings. The number of allylic oxidation sites excluding steroid dienone is 1. The van der Waals surface area contributed by atoms with E-state index in [0.717, 1.165) is 6.42 Å². The highest BCUT2D eigenvalue weighted by atomic mass is 14.2. The quantitative estimate of drug-likeness (QED) is 0.334. The number of fused-ring (bicyclic) bond motifs is 3. The van der Waals surface area contributed by atoms with Crippen molar-refractivity contribution in [3.8, 4) is 11.1 Å². The van der Waals surface area contributed by atoms with Gasteiger partial charge in [0.15, 0.2) is 0 Å². The fourth-order valence-corrected chi connectivity index (χ4v) is 4.23. The molecular weight excluding hydrogens is 300 g/mol. The molecule has 25 heavy (non-hydrogen) atoms. The Bertz CT molecular complexity index is 1180. The van der Waals surface area contributed by atoms with Crippen molar-refractivity contribution in [2.75, 3.05) is 0 Å². The first-order valence-electron chi connectivity index (χ1n) is 8.92. The Labute approximate surface area is 148 Å². The van der Waals surface area contributed by atoms with Crippen LogP contribution in [-0.4, -0.2) is 0 Å². The minimum absolute atomic E-state index is 1.08. The van der Waals surface area contributed by atoms with E-state index in [1.54, 1.807) is 0 Å². The number of benzene rings is 4. The van der Waals surface area contributed by atoms with E-state index in [-0.39, 0.29) is 0 Å². The van der Waals surface area contributed by atoms with Crippen molar-refractivity contribution in [1.82, 2.24) is 0 Å². The van der Waals surface area contributed by atoms with Crippen molar-refractivity contribution in [3.05, 3.63) is 89.0 Å². The van der Waals surface area contributed by atoms with Crippen molar-refractivity contribution in [3.63, 3.8) is 0 Å². The van der Waals surface area contributed by atoms with E-state index in [4.69, 9.17) is 0 Å². The van der Waals surface area contributed by atoms with Crippen LogP contribution in [0.15, 0.2) is 72.3 Å². The van der Waals surface area contributed by atoms with Crippen LogP contribution in [-0.2, 0) is 6.42 Å². The van der Waals surface area contributed by atoms with Crippen molar-refractivity contribution in [2.24, 2.45) is 0 Å². The Morgan fingerprint density at radius 1 is 0.720 bits per heavy atom. The number of hydrogen-bond donors (Lipinski definition) is 0. The third-order valence-electron chi connectivity index (χ3n) is 5.42. The molecule has 120 valence electrons. The molecule has 0 heterocycles. The predicted octanol–water partition coefficient (Wildman–Crippen LogP) is 6.93. The first-order valence-corrected chi connectivity index (χ1v) is 8.92. The van der Waals surface area contributed by atoms with Crippen LogP contribution >= 0.6 is 0 Å². The highest BCUT2D eigenvalue weighted by Crippen LogP contribution is 2.40. The molecule has 0 aromatic heterocycles. The largest absolute Gasteiger partial charge is 0.0683 e. The van der Waals surface area contributed by atoms with Crippen molar-refractivity contribution < 1.29 is 0 Å². The second-order valence-corrected chi connectivity index (χ2v) is 7.22. The smallest absolute Gasteiger partial charge is 0.00604 e. The van der Waals surface area contributed by atoms with Crippen LogP contribution < -0.4 is 0 Å². The lowest BCUT2D eigenvalue weighted by molar-refractivity contribution is 1.19. The number of rotatable bonds is 1. The lowest BCUT2D eigenvalue weighted by atomic mass is 9.89. The topological polar surface area (TPSA) is 0 Å². The summed E-state index contributed by atoms with van der Waals surface area (Å²) in [6, 6.07) is 24.6. The van der Waals surface area contributed by atoms with Gasteiger partial charge in [-0.05, 0) is 81.8 Å². The fraction of sp³-hybridized carbons (Fsp3) is 0.120. The molecule has 0 bridgehead atoms. The summed E-state index contributed by atoms with van der Waals surface area (Å²) in [5.41, 5.74) is 8.42. The first kappa shape index (κ1) is 14.5. The monoisotopic (exact) mass is 320 g/mol. The van der Waals surface area contributed by atoms with Gasteiger partial charge in [-0.2, -0.15) is 0 Å². The van der Waals surface area contributed by atoms with E-state index >= 15 is 0 Å². The van der Waals surface area contributed by atoms with E-state index in [1.807, 2.05) is 0 Å². The Kier molecular flexibility index (Phi) is 3.08. The lowest BCUT2D eigenvalue weighted by Gasteiger charge is -2.15. The molecule has 0 radical (unpaired) electrons. The minimum atomic E-state index is 1.08. The van der Waals surface area contributed by atoms with E-state index in [2.05, 4.69) is 86.7 Å². The second kappa shape index (κ2) is 5.32. The zero-order valence-corrected chi connectivity index (χ0v) is 14.6. The molecular formula is C25H20. The summed E-state index contributed by atoms with van der Waals surface area (Å²) >= 11 is 0. The molecule has 0 heteroatoms. The summed E-state index contributed by atoms with van der Waals surface area (Å²) < 4.78 is 0. The van der Waals surface area contributed by atoms with Crippen LogP contribution in [0.1, 0.15) is 23.6 Å². The van der Waals surface area contributed by atoms with Crippen LogP contribution in [0, 0.1) is 6.92 Å². The first-order chi connectivity index (χ1) is 12.2. The Balaban J connectivity index is 1.88. The van der Waals surface area contributed by atoms with Crippen LogP contribution in [0.2, 0.25) is 0 Å². The summed E-state index contributed by atoms with van der Waals surface area (Å²) in [5, 5.41) is 5.26. The average Bonchev–Trinajstić information content (AvgIpc) is 3.00. The van der Waals surface area contributed by atoms with Crippen LogP contribution in [0.3, 0.4) is 0 Å². The van der Waals surface area contributed by atoms with Crippen molar-refractivity contribution in [1.29, 1.82) is 0 Å². The normalized spacial score (nSPS) is 13.3. The Morgan fingerprint density at radius 3 is 2.32 bits per heavy atom. The van der Waals surface area contributed by atoms with Gasteiger partial charge in [0.1, 0.15) is 0 Å².